The molecule has 0 bridgehead atoms. The molecule has 0 spiro atoms. The molecule has 1 N–H and O–H groups in total. The van der Waals surface area contributed by atoms with Gasteiger partial charge < -0.3 is 5.32 Å². The molecule has 5 heteroatoms. The van der Waals surface area contributed by atoms with Crippen LogP contribution in [0.4, 0.5) is 0 Å². The van der Waals surface area contributed by atoms with Gasteiger partial charge in [-0.15, -0.1) is 11.3 Å². The van der Waals surface area contributed by atoms with Gasteiger partial charge in [0.15, 0.2) is 0 Å². The van der Waals surface area contributed by atoms with E-state index in [0.29, 0.717) is 5.92 Å². The van der Waals surface area contributed by atoms with E-state index in [1.165, 1.54) is 5.56 Å². The maximum absolute atomic E-state index is 12.2. The first-order chi connectivity index (χ1) is 9.63. The topological polar surface area (TPSA) is 42.0 Å². The maximum atomic E-state index is 12.2. The summed E-state index contributed by atoms with van der Waals surface area (Å²) in [5, 5.41) is 10.5. The third-order valence-corrected chi connectivity index (χ3v) is 5.53. The van der Waals surface area contributed by atoms with Crippen molar-refractivity contribution in [3.63, 3.8) is 0 Å². The number of carbonyl (C=O) groups excluding carboxylic acids is 1. The Morgan fingerprint density at radius 2 is 2.35 bits per heavy atom. The molecule has 0 saturated heterocycles. The molecule has 0 unspecified atom stereocenters. The van der Waals surface area contributed by atoms with Crippen LogP contribution in [0.25, 0.3) is 0 Å². The number of nitrogens with zero attached hydrogens (tertiary/aromatic N) is 1. The normalized spacial score (nSPS) is 22.5. The van der Waals surface area contributed by atoms with Gasteiger partial charge in [0.1, 0.15) is 5.01 Å². The minimum Gasteiger partial charge on any atom is -0.346 e. The third-order valence-electron chi connectivity index (χ3n) is 3.72. The van der Waals surface area contributed by atoms with Gasteiger partial charge in [0.25, 0.3) is 0 Å². The molecular weight excluding hydrogens is 288 g/mol. The number of carbonyl (C=O) groups is 1. The fraction of sp³-hybridized carbons (Fsp3) is 0.467. The summed E-state index contributed by atoms with van der Waals surface area (Å²) in [6.07, 6.45) is 1.84. The maximum Gasteiger partial charge on any atom is 0.223 e. The first kappa shape index (κ1) is 13.8. The van der Waals surface area contributed by atoms with Crippen LogP contribution in [0.2, 0.25) is 0 Å². The number of aryl methyl sites for hydroxylation is 1. The zero-order valence-electron chi connectivity index (χ0n) is 11.6. The highest BCUT2D eigenvalue weighted by atomic mass is 32.1. The Balaban J connectivity index is 1.74. The molecule has 0 aromatic carbocycles. The number of hydrogen-bond acceptors (Lipinski definition) is 4. The van der Waals surface area contributed by atoms with Crippen molar-refractivity contribution in [2.45, 2.75) is 32.7 Å². The van der Waals surface area contributed by atoms with Gasteiger partial charge in [-0.05, 0) is 41.7 Å². The van der Waals surface area contributed by atoms with Gasteiger partial charge >= 0.3 is 0 Å². The SMILES string of the molecule is Cc1csc([C@H](Cc2ccsc2)NC(=O)[C@H]2C[C@H]2C)n1. The number of hydrogen-bond donors (Lipinski definition) is 1. The molecule has 3 atom stereocenters. The van der Waals surface area contributed by atoms with E-state index < -0.39 is 0 Å². The molecule has 20 heavy (non-hydrogen) atoms. The van der Waals surface area contributed by atoms with Gasteiger partial charge in [0, 0.05) is 23.4 Å². The van der Waals surface area contributed by atoms with Crippen molar-refractivity contribution >= 4 is 28.6 Å². The van der Waals surface area contributed by atoms with Crippen molar-refractivity contribution in [3.8, 4) is 0 Å². The van der Waals surface area contributed by atoms with Crippen LogP contribution in [0, 0.1) is 18.8 Å². The van der Waals surface area contributed by atoms with Crippen LogP contribution in [-0.4, -0.2) is 10.9 Å². The summed E-state index contributed by atoms with van der Waals surface area (Å²) in [7, 11) is 0. The summed E-state index contributed by atoms with van der Waals surface area (Å²) < 4.78 is 0. The molecule has 2 aromatic rings. The largest absolute Gasteiger partial charge is 0.346 e. The summed E-state index contributed by atoms with van der Waals surface area (Å²) in [5.41, 5.74) is 2.28. The first-order valence-corrected chi connectivity index (χ1v) is 8.69. The van der Waals surface area contributed by atoms with Crippen molar-refractivity contribution < 1.29 is 4.79 Å². The first-order valence-electron chi connectivity index (χ1n) is 6.87. The molecule has 1 fully saturated rings. The van der Waals surface area contributed by atoms with Crippen LogP contribution in [0.15, 0.2) is 22.2 Å². The van der Waals surface area contributed by atoms with Crippen molar-refractivity contribution in [2.24, 2.45) is 11.8 Å². The highest BCUT2D eigenvalue weighted by molar-refractivity contribution is 7.09. The lowest BCUT2D eigenvalue weighted by Gasteiger charge is -2.16. The van der Waals surface area contributed by atoms with Crippen molar-refractivity contribution in [1.29, 1.82) is 0 Å². The van der Waals surface area contributed by atoms with Gasteiger partial charge in [0.05, 0.1) is 6.04 Å². The van der Waals surface area contributed by atoms with Crippen LogP contribution < -0.4 is 5.32 Å². The minimum absolute atomic E-state index is 0.00333. The van der Waals surface area contributed by atoms with E-state index in [-0.39, 0.29) is 17.9 Å². The highest BCUT2D eigenvalue weighted by Crippen LogP contribution is 2.38. The smallest absolute Gasteiger partial charge is 0.223 e. The number of thiazole rings is 1. The summed E-state index contributed by atoms with van der Waals surface area (Å²) in [4.78, 5) is 16.8. The molecule has 2 heterocycles. The zero-order valence-corrected chi connectivity index (χ0v) is 13.3. The van der Waals surface area contributed by atoms with Crippen LogP contribution in [0.1, 0.15) is 35.7 Å². The molecule has 2 aromatic heterocycles. The van der Waals surface area contributed by atoms with Crippen LogP contribution in [0.5, 0.6) is 0 Å². The lowest BCUT2D eigenvalue weighted by molar-refractivity contribution is -0.123. The van der Waals surface area contributed by atoms with E-state index in [1.807, 2.05) is 12.3 Å². The molecule has 1 aliphatic rings. The summed E-state index contributed by atoms with van der Waals surface area (Å²) >= 11 is 3.32. The Morgan fingerprint density at radius 1 is 1.55 bits per heavy atom. The van der Waals surface area contributed by atoms with Crippen LogP contribution in [-0.2, 0) is 11.2 Å². The fourth-order valence-corrected chi connectivity index (χ4v) is 3.87. The molecule has 3 rings (SSSR count). The average molecular weight is 306 g/mol. The second-order valence-corrected chi connectivity index (χ2v) is 7.21. The van der Waals surface area contributed by atoms with Gasteiger partial charge in [-0.1, -0.05) is 6.92 Å². The third kappa shape index (κ3) is 3.10. The van der Waals surface area contributed by atoms with Gasteiger partial charge in [-0.25, -0.2) is 4.98 Å². The molecule has 0 aliphatic heterocycles. The predicted octanol–water partition coefficient (Wildman–Crippen LogP) is 3.57. The minimum atomic E-state index is 0.00333. The molecule has 1 amide bonds. The Labute approximate surface area is 127 Å². The fourth-order valence-electron chi connectivity index (χ4n) is 2.34. The number of thiophene rings is 1. The van der Waals surface area contributed by atoms with Gasteiger partial charge in [0.2, 0.25) is 5.91 Å². The Kier molecular flexibility index (Phi) is 3.89. The zero-order chi connectivity index (χ0) is 14.1. The molecular formula is C15H18N2OS2. The van der Waals surface area contributed by atoms with E-state index in [2.05, 4.69) is 34.1 Å². The highest BCUT2D eigenvalue weighted by Gasteiger charge is 2.40. The Morgan fingerprint density at radius 3 is 2.90 bits per heavy atom. The van der Waals surface area contributed by atoms with Crippen LogP contribution in [0.3, 0.4) is 0 Å². The van der Waals surface area contributed by atoms with E-state index in [9.17, 15) is 4.79 Å². The average Bonchev–Trinajstić information content (AvgIpc) is 2.83. The molecule has 0 radical (unpaired) electrons. The molecule has 106 valence electrons. The summed E-state index contributed by atoms with van der Waals surface area (Å²) in [5.74, 6) is 0.932. The number of amides is 1. The van der Waals surface area contributed by atoms with Crippen molar-refractivity contribution in [2.75, 3.05) is 0 Å². The van der Waals surface area contributed by atoms with E-state index in [0.717, 1.165) is 23.5 Å². The molecule has 1 aliphatic carbocycles. The quantitative estimate of drug-likeness (QED) is 0.917. The molecule has 1 saturated carbocycles. The molecule has 3 nitrogen and oxygen atoms in total. The van der Waals surface area contributed by atoms with E-state index >= 15 is 0 Å². The van der Waals surface area contributed by atoms with Gasteiger partial charge in [-0.3, -0.25) is 4.79 Å². The second kappa shape index (κ2) is 5.66. The predicted molar refractivity (Wildman–Crippen MR) is 83.0 cm³/mol. The number of rotatable bonds is 5. The van der Waals surface area contributed by atoms with Gasteiger partial charge in [-0.2, -0.15) is 11.3 Å². The summed E-state index contributed by atoms with van der Waals surface area (Å²) in [6, 6.07) is 2.12. The summed E-state index contributed by atoms with van der Waals surface area (Å²) in [6.45, 7) is 4.12. The Bertz CT molecular complexity index is 591. The van der Waals surface area contributed by atoms with Crippen molar-refractivity contribution in [1.82, 2.24) is 10.3 Å². The Hall–Kier alpha value is -1.20. The lowest BCUT2D eigenvalue weighted by Crippen LogP contribution is -2.31. The van der Waals surface area contributed by atoms with E-state index in [1.54, 1.807) is 22.7 Å². The standard InChI is InChI=1S/C15H18N2OS2/c1-9-5-12(9)14(18)17-13(6-11-3-4-19-8-11)15-16-10(2)7-20-15/h3-4,7-9,12-13H,5-6H2,1-2H3,(H,17,18)/t9-,12+,13+/m1/s1. The lowest BCUT2D eigenvalue weighted by atomic mass is 10.1. The van der Waals surface area contributed by atoms with Crippen LogP contribution >= 0.6 is 22.7 Å². The monoisotopic (exact) mass is 306 g/mol. The number of aromatic nitrogens is 1. The number of nitrogens with one attached hydrogen (secondary N) is 1. The van der Waals surface area contributed by atoms with Crippen molar-refractivity contribution in [3.05, 3.63) is 38.5 Å². The second-order valence-electron chi connectivity index (χ2n) is 5.54. The van der Waals surface area contributed by atoms with E-state index in [4.69, 9.17) is 0 Å².